The van der Waals surface area contributed by atoms with Gasteiger partial charge in [0.1, 0.15) is 0 Å². The van der Waals surface area contributed by atoms with Crippen LogP contribution in [-0.4, -0.2) is 82.7 Å². The second kappa shape index (κ2) is 12.5. The first-order valence-corrected chi connectivity index (χ1v) is 11.8. The van der Waals surface area contributed by atoms with Gasteiger partial charge in [0.2, 0.25) is 5.91 Å². The predicted molar refractivity (Wildman–Crippen MR) is 122 cm³/mol. The molecular weight excluding hydrogens is 392 g/mol. The minimum atomic E-state index is -0.396. The van der Waals surface area contributed by atoms with Crippen molar-refractivity contribution in [1.29, 1.82) is 0 Å². The van der Waals surface area contributed by atoms with Gasteiger partial charge in [-0.2, -0.15) is 0 Å². The first kappa shape index (κ1) is 24.2. The van der Waals surface area contributed by atoms with E-state index in [4.69, 9.17) is 14.2 Å². The molecule has 1 heterocycles. The highest BCUT2D eigenvalue weighted by molar-refractivity contribution is 5.75. The van der Waals surface area contributed by atoms with Crippen LogP contribution in [-0.2, 0) is 31.8 Å². The molecule has 2 unspecified atom stereocenters. The molecule has 0 bridgehead atoms. The molecule has 2 fully saturated rings. The first-order valence-electron chi connectivity index (χ1n) is 11.8. The number of hydrogen-bond donors (Lipinski definition) is 0. The van der Waals surface area contributed by atoms with E-state index in [-0.39, 0.29) is 5.91 Å². The van der Waals surface area contributed by atoms with Crippen LogP contribution in [0.15, 0.2) is 24.3 Å². The van der Waals surface area contributed by atoms with Crippen LogP contribution < -0.4 is 0 Å². The Morgan fingerprint density at radius 2 is 1.77 bits per heavy atom. The van der Waals surface area contributed by atoms with Crippen LogP contribution in [0.25, 0.3) is 0 Å². The third-order valence-corrected chi connectivity index (χ3v) is 6.88. The second-order valence-electron chi connectivity index (χ2n) is 9.07. The average molecular weight is 433 g/mol. The summed E-state index contributed by atoms with van der Waals surface area (Å²) in [7, 11) is 4.90. The summed E-state index contributed by atoms with van der Waals surface area (Å²) < 4.78 is 16.0. The van der Waals surface area contributed by atoms with Gasteiger partial charge in [-0.05, 0) is 48.6 Å². The zero-order chi connectivity index (χ0) is 22.1. The first-order chi connectivity index (χ1) is 15.1. The summed E-state index contributed by atoms with van der Waals surface area (Å²) in [5.74, 6) is 1.97. The van der Waals surface area contributed by atoms with Crippen LogP contribution in [0.4, 0.5) is 0 Å². The molecule has 2 aliphatic rings. The molecule has 2 atom stereocenters. The lowest BCUT2D eigenvalue weighted by atomic mass is 10.0. The Balaban J connectivity index is 1.30. The van der Waals surface area contributed by atoms with Gasteiger partial charge in [0.05, 0.1) is 26.2 Å². The van der Waals surface area contributed by atoms with Crippen LogP contribution in [0.1, 0.15) is 36.8 Å². The number of amides is 1. The van der Waals surface area contributed by atoms with Crippen molar-refractivity contribution < 1.29 is 19.0 Å². The normalized spacial score (nSPS) is 21.0. The van der Waals surface area contributed by atoms with Gasteiger partial charge in [-0.15, -0.1) is 0 Å². The average Bonchev–Trinajstić information content (AvgIpc) is 3.38. The van der Waals surface area contributed by atoms with Gasteiger partial charge < -0.3 is 24.0 Å². The molecule has 1 aliphatic carbocycles. The van der Waals surface area contributed by atoms with Gasteiger partial charge in [-0.3, -0.25) is 4.79 Å². The van der Waals surface area contributed by atoms with Crippen LogP contribution in [0.2, 0.25) is 0 Å². The van der Waals surface area contributed by atoms with Gasteiger partial charge in [-0.1, -0.05) is 30.7 Å². The number of fused-ring (bicyclic) bond motifs is 1. The molecule has 174 valence electrons. The standard InChI is InChI=1S/C25H40N2O4/c1-26(19-25(29-2)30-3)24(28)12-15-31-14-11-21-7-4-6-20(16-21)10-13-27-17-22-8-5-9-23(22)18-27/h4,6-7,16,22-23,25H,5,8-15,17-19H2,1-3H3. The molecule has 6 heteroatoms. The van der Waals surface area contributed by atoms with Crippen molar-refractivity contribution in [2.75, 3.05) is 60.7 Å². The van der Waals surface area contributed by atoms with Gasteiger partial charge in [0.25, 0.3) is 0 Å². The lowest BCUT2D eigenvalue weighted by Gasteiger charge is -2.22. The van der Waals surface area contributed by atoms with Crippen molar-refractivity contribution in [3.63, 3.8) is 0 Å². The van der Waals surface area contributed by atoms with Crippen LogP contribution in [0, 0.1) is 11.8 Å². The fraction of sp³-hybridized carbons (Fsp3) is 0.720. The van der Waals surface area contributed by atoms with E-state index in [0.29, 0.717) is 26.2 Å². The highest BCUT2D eigenvalue weighted by Crippen LogP contribution is 2.37. The summed E-state index contributed by atoms with van der Waals surface area (Å²) in [6.07, 6.45) is 6.31. The Morgan fingerprint density at radius 3 is 2.45 bits per heavy atom. The lowest BCUT2D eigenvalue weighted by Crippen LogP contribution is -2.36. The van der Waals surface area contributed by atoms with E-state index in [0.717, 1.165) is 24.7 Å². The molecular formula is C25H40N2O4. The quantitative estimate of drug-likeness (QED) is 0.354. The van der Waals surface area contributed by atoms with E-state index in [2.05, 4.69) is 29.2 Å². The number of carbonyl (C=O) groups is 1. The summed E-state index contributed by atoms with van der Waals surface area (Å²) in [6, 6.07) is 8.88. The SMILES string of the molecule is COC(CN(C)C(=O)CCOCCc1cccc(CCN2CC3CCCC3C2)c1)OC. The minimum Gasteiger partial charge on any atom is -0.381 e. The number of likely N-dealkylation sites (tertiary alicyclic amines) is 1. The number of ether oxygens (including phenoxy) is 3. The summed E-state index contributed by atoms with van der Waals surface area (Å²) >= 11 is 0. The van der Waals surface area contributed by atoms with Crippen LogP contribution in [0.3, 0.4) is 0 Å². The van der Waals surface area contributed by atoms with Crippen molar-refractivity contribution >= 4 is 5.91 Å². The third-order valence-electron chi connectivity index (χ3n) is 6.88. The number of rotatable bonds is 13. The second-order valence-corrected chi connectivity index (χ2v) is 9.07. The van der Waals surface area contributed by atoms with Crippen molar-refractivity contribution in [2.24, 2.45) is 11.8 Å². The maximum absolute atomic E-state index is 12.2. The molecule has 0 aromatic heterocycles. The van der Waals surface area contributed by atoms with E-state index in [1.807, 2.05) is 0 Å². The van der Waals surface area contributed by atoms with E-state index in [9.17, 15) is 4.79 Å². The zero-order valence-electron chi connectivity index (χ0n) is 19.6. The molecule has 1 aliphatic heterocycles. The lowest BCUT2D eigenvalue weighted by molar-refractivity contribution is -0.143. The zero-order valence-corrected chi connectivity index (χ0v) is 19.6. The van der Waals surface area contributed by atoms with Crippen molar-refractivity contribution in [2.45, 2.75) is 44.8 Å². The monoisotopic (exact) mass is 432 g/mol. The number of benzene rings is 1. The third kappa shape index (κ3) is 7.56. The number of likely N-dealkylation sites (N-methyl/N-ethyl adjacent to an activating group) is 1. The molecule has 0 radical (unpaired) electrons. The highest BCUT2D eigenvalue weighted by Gasteiger charge is 2.35. The fourth-order valence-corrected chi connectivity index (χ4v) is 4.96. The number of nitrogens with zero attached hydrogens (tertiary/aromatic N) is 2. The molecule has 0 N–H and O–H groups in total. The van der Waals surface area contributed by atoms with Crippen molar-refractivity contribution in [3.8, 4) is 0 Å². The summed E-state index contributed by atoms with van der Waals surface area (Å²) in [5.41, 5.74) is 2.72. The molecule has 31 heavy (non-hydrogen) atoms. The summed E-state index contributed by atoms with van der Waals surface area (Å²) in [4.78, 5) is 16.5. The van der Waals surface area contributed by atoms with E-state index < -0.39 is 6.29 Å². The Bertz CT molecular complexity index is 667. The molecule has 1 amide bonds. The Labute approximate surface area is 187 Å². The van der Waals surface area contributed by atoms with Crippen molar-refractivity contribution in [3.05, 3.63) is 35.4 Å². The molecule has 3 rings (SSSR count). The minimum absolute atomic E-state index is 0.0344. The van der Waals surface area contributed by atoms with Crippen molar-refractivity contribution in [1.82, 2.24) is 9.80 Å². The maximum atomic E-state index is 12.2. The molecule has 1 saturated carbocycles. The topological polar surface area (TPSA) is 51.2 Å². The smallest absolute Gasteiger partial charge is 0.224 e. The van der Waals surface area contributed by atoms with Gasteiger partial charge >= 0.3 is 0 Å². The maximum Gasteiger partial charge on any atom is 0.224 e. The molecule has 0 spiro atoms. The molecule has 1 aromatic rings. The van der Waals surface area contributed by atoms with E-state index in [1.165, 1.54) is 50.0 Å². The van der Waals surface area contributed by atoms with Gasteiger partial charge in [0, 0.05) is 40.9 Å². The molecule has 6 nitrogen and oxygen atoms in total. The largest absolute Gasteiger partial charge is 0.381 e. The Kier molecular flexibility index (Phi) is 9.78. The highest BCUT2D eigenvalue weighted by atomic mass is 16.7. The summed E-state index contributed by atoms with van der Waals surface area (Å²) in [5, 5.41) is 0. The van der Waals surface area contributed by atoms with Gasteiger partial charge in [0.15, 0.2) is 6.29 Å². The Hall–Kier alpha value is -1.47. The number of carbonyl (C=O) groups excluding carboxylic acids is 1. The van der Waals surface area contributed by atoms with E-state index >= 15 is 0 Å². The summed E-state index contributed by atoms with van der Waals surface area (Å²) in [6.45, 7) is 5.28. The van der Waals surface area contributed by atoms with E-state index in [1.54, 1.807) is 26.2 Å². The molecule has 1 saturated heterocycles. The fourth-order valence-electron chi connectivity index (χ4n) is 4.96. The number of methoxy groups -OCH3 is 2. The predicted octanol–water partition coefficient (Wildman–Crippen LogP) is 2.99. The Morgan fingerprint density at radius 1 is 1.10 bits per heavy atom. The number of hydrogen-bond acceptors (Lipinski definition) is 5. The van der Waals surface area contributed by atoms with Gasteiger partial charge in [-0.25, -0.2) is 0 Å². The van der Waals surface area contributed by atoms with Crippen LogP contribution >= 0.6 is 0 Å². The molecule has 1 aromatic carbocycles. The van der Waals surface area contributed by atoms with Crippen LogP contribution in [0.5, 0.6) is 0 Å².